The highest BCUT2D eigenvalue weighted by molar-refractivity contribution is 7.25. The van der Waals surface area contributed by atoms with Crippen molar-refractivity contribution in [2.75, 3.05) is 13.2 Å². The summed E-state index contributed by atoms with van der Waals surface area (Å²) in [6, 6.07) is 7.80. The van der Waals surface area contributed by atoms with Crippen LogP contribution in [0.15, 0.2) is 35.4 Å². The molecule has 3 heterocycles. The minimum absolute atomic E-state index is 0.0251. The number of nitrogens with zero attached hydrogens (tertiary/aromatic N) is 2. The van der Waals surface area contributed by atoms with Gasteiger partial charge in [-0.15, -0.1) is 11.3 Å². The second-order valence-electron chi connectivity index (χ2n) is 5.89. The summed E-state index contributed by atoms with van der Waals surface area (Å²) in [5.74, 6) is -0.199. The zero-order valence-corrected chi connectivity index (χ0v) is 13.8. The first-order valence-electron chi connectivity index (χ1n) is 7.97. The molecule has 1 saturated heterocycles. The number of thiophene rings is 1. The minimum atomic E-state index is -0.199. The normalized spacial score (nSPS) is 17.6. The number of carbonyl (C=O) groups is 1. The Hall–Kier alpha value is -2.25. The Bertz CT molecular complexity index is 957. The molecule has 124 valence electrons. The van der Waals surface area contributed by atoms with Crippen LogP contribution in [0, 0.1) is 0 Å². The van der Waals surface area contributed by atoms with E-state index in [4.69, 9.17) is 4.74 Å². The average molecular weight is 343 g/mol. The van der Waals surface area contributed by atoms with Gasteiger partial charge in [-0.05, 0) is 18.9 Å². The first-order chi connectivity index (χ1) is 11.7. The van der Waals surface area contributed by atoms with E-state index in [9.17, 15) is 9.59 Å². The van der Waals surface area contributed by atoms with Crippen molar-refractivity contribution < 1.29 is 9.53 Å². The maximum atomic E-state index is 12.6. The highest BCUT2D eigenvalue weighted by Crippen LogP contribution is 2.29. The van der Waals surface area contributed by atoms with Gasteiger partial charge in [0.2, 0.25) is 5.91 Å². The Morgan fingerprint density at radius 3 is 3.12 bits per heavy atom. The molecule has 3 aromatic rings. The molecule has 1 unspecified atom stereocenters. The Balaban J connectivity index is 1.55. The smallest absolute Gasteiger partial charge is 0.271 e. The predicted molar refractivity (Wildman–Crippen MR) is 93.4 cm³/mol. The van der Waals surface area contributed by atoms with E-state index in [1.165, 1.54) is 22.2 Å². The van der Waals surface area contributed by atoms with E-state index in [2.05, 4.69) is 10.3 Å². The predicted octanol–water partition coefficient (Wildman–Crippen LogP) is 1.91. The van der Waals surface area contributed by atoms with Gasteiger partial charge in [-0.3, -0.25) is 14.2 Å². The van der Waals surface area contributed by atoms with Crippen molar-refractivity contribution in [2.24, 2.45) is 0 Å². The Kier molecular flexibility index (Phi) is 4.03. The third kappa shape index (κ3) is 2.81. The summed E-state index contributed by atoms with van der Waals surface area (Å²) in [5.41, 5.74) is 0.532. The topological polar surface area (TPSA) is 73.2 Å². The second kappa shape index (κ2) is 6.33. The Morgan fingerprint density at radius 1 is 1.42 bits per heavy atom. The van der Waals surface area contributed by atoms with Crippen LogP contribution in [0.2, 0.25) is 0 Å². The van der Waals surface area contributed by atoms with E-state index in [0.717, 1.165) is 29.5 Å². The molecule has 0 bridgehead atoms. The van der Waals surface area contributed by atoms with E-state index in [0.29, 0.717) is 16.8 Å². The third-order valence-corrected chi connectivity index (χ3v) is 5.36. The van der Waals surface area contributed by atoms with Crippen LogP contribution >= 0.6 is 11.3 Å². The summed E-state index contributed by atoms with van der Waals surface area (Å²) in [7, 11) is 0. The summed E-state index contributed by atoms with van der Waals surface area (Å²) >= 11 is 1.42. The van der Waals surface area contributed by atoms with Crippen LogP contribution in [0.3, 0.4) is 0 Å². The molecule has 1 atom stereocenters. The van der Waals surface area contributed by atoms with E-state index in [-0.39, 0.29) is 24.1 Å². The Labute approximate surface area is 142 Å². The molecule has 0 spiro atoms. The lowest BCUT2D eigenvalue weighted by atomic mass is 10.2. The number of nitrogens with one attached hydrogen (secondary N) is 1. The maximum Gasteiger partial charge on any atom is 0.271 e. The molecule has 6 nitrogen and oxygen atoms in total. The lowest BCUT2D eigenvalue weighted by Gasteiger charge is -2.11. The maximum absolute atomic E-state index is 12.6. The molecule has 4 rings (SSSR count). The van der Waals surface area contributed by atoms with Gasteiger partial charge in [-0.2, -0.15) is 0 Å². The monoisotopic (exact) mass is 343 g/mol. The molecule has 0 saturated carbocycles. The Morgan fingerprint density at radius 2 is 2.29 bits per heavy atom. The zero-order chi connectivity index (χ0) is 16.5. The van der Waals surface area contributed by atoms with Gasteiger partial charge in [0.05, 0.1) is 17.9 Å². The number of aromatic nitrogens is 2. The number of rotatable bonds is 4. The minimum Gasteiger partial charge on any atom is -0.376 e. The molecule has 1 aliphatic heterocycles. The first kappa shape index (κ1) is 15.3. The fourth-order valence-electron chi connectivity index (χ4n) is 2.97. The fourth-order valence-corrected chi connectivity index (χ4v) is 4.08. The van der Waals surface area contributed by atoms with Crippen molar-refractivity contribution >= 4 is 37.5 Å². The van der Waals surface area contributed by atoms with Crippen molar-refractivity contribution in [1.82, 2.24) is 14.9 Å². The molecule has 1 fully saturated rings. The number of fused-ring (bicyclic) bond motifs is 3. The van der Waals surface area contributed by atoms with Crippen molar-refractivity contribution in [3.8, 4) is 0 Å². The van der Waals surface area contributed by atoms with Gasteiger partial charge in [0.15, 0.2) is 0 Å². The summed E-state index contributed by atoms with van der Waals surface area (Å²) in [4.78, 5) is 29.1. The van der Waals surface area contributed by atoms with Crippen molar-refractivity contribution in [2.45, 2.75) is 25.5 Å². The van der Waals surface area contributed by atoms with E-state index >= 15 is 0 Å². The number of benzene rings is 1. The molecule has 0 aliphatic carbocycles. The number of amides is 1. The quantitative estimate of drug-likeness (QED) is 0.785. The first-order valence-corrected chi connectivity index (χ1v) is 8.79. The van der Waals surface area contributed by atoms with Crippen LogP contribution in [0.1, 0.15) is 12.8 Å². The largest absolute Gasteiger partial charge is 0.376 e. The third-order valence-electron chi connectivity index (χ3n) is 4.22. The average Bonchev–Trinajstić information content (AvgIpc) is 3.23. The molecular formula is C17H17N3O3S. The molecule has 0 radical (unpaired) electrons. The lowest BCUT2D eigenvalue weighted by Crippen LogP contribution is -2.36. The van der Waals surface area contributed by atoms with Crippen LogP contribution in [0.25, 0.3) is 20.3 Å². The highest BCUT2D eigenvalue weighted by atomic mass is 32.1. The van der Waals surface area contributed by atoms with Gasteiger partial charge in [0, 0.05) is 23.2 Å². The number of hydrogen-bond donors (Lipinski definition) is 1. The molecule has 1 N–H and O–H groups in total. The van der Waals surface area contributed by atoms with Crippen LogP contribution in [-0.4, -0.2) is 34.7 Å². The summed E-state index contributed by atoms with van der Waals surface area (Å²) < 4.78 is 8.45. The van der Waals surface area contributed by atoms with Gasteiger partial charge >= 0.3 is 0 Å². The summed E-state index contributed by atoms with van der Waals surface area (Å²) in [6.45, 7) is 1.22. The van der Waals surface area contributed by atoms with Crippen molar-refractivity contribution in [3.05, 3.63) is 40.9 Å². The van der Waals surface area contributed by atoms with E-state index in [1.807, 2.05) is 24.3 Å². The van der Waals surface area contributed by atoms with Crippen LogP contribution in [0.5, 0.6) is 0 Å². The van der Waals surface area contributed by atoms with Gasteiger partial charge in [0.1, 0.15) is 11.2 Å². The standard InChI is InChI=1S/C17H17N3O3S/c21-14(18-8-11-4-3-7-23-11)9-20-10-19-15-12-5-1-2-6-13(12)24-16(15)17(20)22/h1-2,5-6,10-11H,3-4,7-9H2,(H,18,21). The number of hydrogen-bond acceptors (Lipinski definition) is 5. The van der Waals surface area contributed by atoms with E-state index < -0.39 is 0 Å². The molecular weight excluding hydrogens is 326 g/mol. The number of ether oxygens (including phenoxy) is 1. The van der Waals surface area contributed by atoms with Gasteiger partial charge < -0.3 is 10.1 Å². The van der Waals surface area contributed by atoms with Crippen LogP contribution in [-0.2, 0) is 16.1 Å². The summed E-state index contributed by atoms with van der Waals surface area (Å²) in [6.07, 6.45) is 3.55. The SMILES string of the molecule is O=C(Cn1cnc2c(sc3ccccc32)c1=O)NCC1CCCO1. The molecule has 7 heteroatoms. The molecule has 1 aliphatic rings. The fraction of sp³-hybridized carbons (Fsp3) is 0.353. The van der Waals surface area contributed by atoms with Crippen LogP contribution in [0.4, 0.5) is 0 Å². The molecule has 2 aromatic heterocycles. The number of carbonyl (C=O) groups excluding carboxylic acids is 1. The second-order valence-corrected chi connectivity index (χ2v) is 6.94. The van der Waals surface area contributed by atoms with Gasteiger partial charge in [-0.25, -0.2) is 4.98 Å². The van der Waals surface area contributed by atoms with Crippen molar-refractivity contribution in [3.63, 3.8) is 0 Å². The van der Waals surface area contributed by atoms with Gasteiger partial charge in [-0.1, -0.05) is 18.2 Å². The lowest BCUT2D eigenvalue weighted by molar-refractivity contribution is -0.122. The highest BCUT2D eigenvalue weighted by Gasteiger charge is 2.17. The molecule has 1 aromatic carbocycles. The zero-order valence-electron chi connectivity index (χ0n) is 13.0. The summed E-state index contributed by atoms with van der Waals surface area (Å²) in [5, 5.41) is 3.80. The van der Waals surface area contributed by atoms with Gasteiger partial charge in [0.25, 0.3) is 5.56 Å². The van der Waals surface area contributed by atoms with E-state index in [1.54, 1.807) is 0 Å². The molecule has 1 amide bonds. The van der Waals surface area contributed by atoms with Crippen LogP contribution < -0.4 is 10.9 Å². The molecule has 24 heavy (non-hydrogen) atoms. The van der Waals surface area contributed by atoms with Crippen molar-refractivity contribution in [1.29, 1.82) is 0 Å².